The Bertz CT molecular complexity index is 779. The van der Waals surface area contributed by atoms with Gasteiger partial charge >= 0.3 is 12.1 Å². The standard InChI is InChI=1S/C18H19N3O6/c22-17(23)16(20-18(24)27-12-13-5-2-1-3-6-13)8-4-7-14-9-10-15(11-19-14)21(25)26/h1-3,5-6,9-11,16H,4,7-8,12H2,(H,20,24)(H,22,23). The normalized spacial score (nSPS) is 11.4. The number of pyridine rings is 1. The molecule has 1 amide bonds. The van der Waals surface area contributed by atoms with Gasteiger partial charge < -0.3 is 15.2 Å². The summed E-state index contributed by atoms with van der Waals surface area (Å²) in [5.41, 5.74) is 1.30. The number of amides is 1. The van der Waals surface area contributed by atoms with E-state index in [9.17, 15) is 24.8 Å². The Morgan fingerprint density at radius 1 is 1.22 bits per heavy atom. The molecule has 1 heterocycles. The number of carboxylic acid groups (broad SMARTS) is 1. The van der Waals surface area contributed by atoms with Crippen LogP contribution in [0.3, 0.4) is 0 Å². The maximum Gasteiger partial charge on any atom is 0.408 e. The first kappa shape index (κ1) is 19.8. The molecule has 0 saturated heterocycles. The minimum Gasteiger partial charge on any atom is -0.480 e. The average Bonchev–Trinajstić information content (AvgIpc) is 2.66. The van der Waals surface area contributed by atoms with Gasteiger partial charge in [-0.25, -0.2) is 9.59 Å². The number of ether oxygens (including phenoxy) is 1. The lowest BCUT2D eigenvalue weighted by atomic mass is 10.1. The minimum absolute atomic E-state index is 0.0473. The molecule has 0 aliphatic heterocycles. The number of carbonyl (C=O) groups excluding carboxylic acids is 1. The second kappa shape index (κ2) is 9.85. The molecule has 0 saturated carbocycles. The monoisotopic (exact) mass is 373 g/mol. The van der Waals surface area contributed by atoms with Crippen molar-refractivity contribution in [2.75, 3.05) is 0 Å². The molecule has 0 radical (unpaired) electrons. The van der Waals surface area contributed by atoms with E-state index in [0.29, 0.717) is 18.5 Å². The third-order valence-corrected chi connectivity index (χ3v) is 3.75. The van der Waals surface area contributed by atoms with Crippen molar-refractivity contribution in [3.8, 4) is 0 Å². The Morgan fingerprint density at radius 3 is 2.56 bits per heavy atom. The van der Waals surface area contributed by atoms with Crippen molar-refractivity contribution in [1.29, 1.82) is 0 Å². The fraction of sp³-hybridized carbons (Fsp3) is 0.278. The van der Waals surface area contributed by atoms with E-state index in [1.807, 2.05) is 18.2 Å². The number of aromatic nitrogens is 1. The SMILES string of the molecule is O=C(NC(CCCc1ccc([N+](=O)[O-])cn1)C(=O)O)OCc1ccccc1. The van der Waals surface area contributed by atoms with E-state index >= 15 is 0 Å². The summed E-state index contributed by atoms with van der Waals surface area (Å²) in [4.78, 5) is 37.1. The molecule has 2 N–H and O–H groups in total. The molecule has 9 heteroatoms. The predicted octanol–water partition coefficient (Wildman–Crippen LogP) is 2.69. The second-order valence-corrected chi connectivity index (χ2v) is 5.75. The molecule has 1 aromatic carbocycles. The summed E-state index contributed by atoms with van der Waals surface area (Å²) in [7, 11) is 0. The van der Waals surface area contributed by atoms with E-state index in [0.717, 1.165) is 11.8 Å². The van der Waals surface area contributed by atoms with Gasteiger partial charge in [-0.2, -0.15) is 0 Å². The molecule has 0 aliphatic rings. The highest BCUT2D eigenvalue weighted by molar-refractivity contribution is 5.79. The highest BCUT2D eigenvalue weighted by Crippen LogP contribution is 2.11. The van der Waals surface area contributed by atoms with Gasteiger partial charge in [0.05, 0.1) is 4.92 Å². The number of carbonyl (C=O) groups is 2. The van der Waals surface area contributed by atoms with Gasteiger partial charge in [-0.1, -0.05) is 30.3 Å². The van der Waals surface area contributed by atoms with Crippen LogP contribution in [0.2, 0.25) is 0 Å². The molecule has 0 aliphatic carbocycles. The number of carboxylic acids is 1. The van der Waals surface area contributed by atoms with Crippen LogP contribution < -0.4 is 5.32 Å². The van der Waals surface area contributed by atoms with E-state index in [1.165, 1.54) is 12.1 Å². The summed E-state index contributed by atoms with van der Waals surface area (Å²) in [6.07, 6.45) is 1.39. The molecule has 1 atom stereocenters. The first-order chi connectivity index (χ1) is 13.0. The number of alkyl carbamates (subject to hydrolysis) is 1. The van der Waals surface area contributed by atoms with E-state index in [-0.39, 0.29) is 18.7 Å². The number of rotatable bonds is 9. The van der Waals surface area contributed by atoms with Crippen molar-refractivity contribution in [2.24, 2.45) is 0 Å². The van der Waals surface area contributed by atoms with Gasteiger partial charge in [0, 0.05) is 11.8 Å². The summed E-state index contributed by atoms with van der Waals surface area (Å²) in [6, 6.07) is 10.8. The quantitative estimate of drug-likeness (QED) is 0.510. The van der Waals surface area contributed by atoms with Crippen LogP contribution in [0.5, 0.6) is 0 Å². The Morgan fingerprint density at radius 2 is 1.96 bits per heavy atom. The van der Waals surface area contributed by atoms with Crippen molar-refractivity contribution in [1.82, 2.24) is 10.3 Å². The zero-order valence-corrected chi connectivity index (χ0v) is 14.4. The number of hydrogen-bond donors (Lipinski definition) is 2. The van der Waals surface area contributed by atoms with E-state index in [4.69, 9.17) is 4.74 Å². The van der Waals surface area contributed by atoms with Crippen molar-refractivity contribution in [3.05, 3.63) is 70.0 Å². The lowest BCUT2D eigenvalue weighted by Gasteiger charge is -2.14. The molecule has 0 bridgehead atoms. The zero-order chi connectivity index (χ0) is 19.6. The predicted molar refractivity (Wildman–Crippen MR) is 95.0 cm³/mol. The smallest absolute Gasteiger partial charge is 0.408 e. The molecule has 142 valence electrons. The lowest BCUT2D eigenvalue weighted by molar-refractivity contribution is -0.385. The molecule has 2 rings (SSSR count). The molecule has 2 aromatic rings. The van der Waals surface area contributed by atoms with Crippen LogP contribution in [0.4, 0.5) is 10.5 Å². The van der Waals surface area contributed by atoms with Gasteiger partial charge in [0.2, 0.25) is 0 Å². The third-order valence-electron chi connectivity index (χ3n) is 3.75. The van der Waals surface area contributed by atoms with Crippen LogP contribution >= 0.6 is 0 Å². The third kappa shape index (κ3) is 6.73. The van der Waals surface area contributed by atoms with E-state index in [1.54, 1.807) is 12.1 Å². The Labute approximate surface area is 155 Å². The van der Waals surface area contributed by atoms with Crippen molar-refractivity contribution in [3.63, 3.8) is 0 Å². The number of benzene rings is 1. The molecule has 0 spiro atoms. The number of nitro groups is 1. The van der Waals surface area contributed by atoms with Gasteiger partial charge in [-0.3, -0.25) is 15.1 Å². The fourth-order valence-corrected chi connectivity index (χ4v) is 2.32. The number of hydrogen-bond acceptors (Lipinski definition) is 6. The molecular weight excluding hydrogens is 354 g/mol. The van der Waals surface area contributed by atoms with Gasteiger partial charge in [0.15, 0.2) is 0 Å². The van der Waals surface area contributed by atoms with Crippen molar-refractivity contribution < 1.29 is 24.4 Å². The van der Waals surface area contributed by atoms with Crippen LogP contribution in [0.1, 0.15) is 24.1 Å². The van der Waals surface area contributed by atoms with Crippen LogP contribution in [-0.4, -0.2) is 33.1 Å². The Balaban J connectivity index is 1.78. The first-order valence-corrected chi connectivity index (χ1v) is 8.25. The Kier molecular flexibility index (Phi) is 7.24. The van der Waals surface area contributed by atoms with Gasteiger partial charge in [-0.05, 0) is 30.9 Å². The molecule has 1 aromatic heterocycles. The highest BCUT2D eigenvalue weighted by atomic mass is 16.6. The van der Waals surface area contributed by atoms with Crippen molar-refractivity contribution >= 4 is 17.7 Å². The first-order valence-electron chi connectivity index (χ1n) is 8.25. The number of nitrogens with one attached hydrogen (secondary N) is 1. The van der Waals surface area contributed by atoms with E-state index in [2.05, 4.69) is 10.3 Å². The van der Waals surface area contributed by atoms with Crippen LogP contribution in [0, 0.1) is 10.1 Å². The summed E-state index contributed by atoms with van der Waals surface area (Å²) in [6.45, 7) is 0.0473. The van der Waals surface area contributed by atoms with Crippen LogP contribution in [0.15, 0.2) is 48.7 Å². The second-order valence-electron chi connectivity index (χ2n) is 5.75. The number of aliphatic carboxylic acids is 1. The van der Waals surface area contributed by atoms with Gasteiger partial charge in [0.1, 0.15) is 18.8 Å². The molecule has 1 unspecified atom stereocenters. The van der Waals surface area contributed by atoms with Crippen molar-refractivity contribution in [2.45, 2.75) is 31.9 Å². The molecular formula is C18H19N3O6. The Hall–Kier alpha value is -3.49. The van der Waals surface area contributed by atoms with Crippen LogP contribution in [0.25, 0.3) is 0 Å². The fourth-order valence-electron chi connectivity index (χ4n) is 2.32. The maximum absolute atomic E-state index is 11.8. The topological polar surface area (TPSA) is 132 Å². The summed E-state index contributed by atoms with van der Waals surface area (Å²) in [5, 5.41) is 22.2. The highest BCUT2D eigenvalue weighted by Gasteiger charge is 2.20. The zero-order valence-electron chi connectivity index (χ0n) is 14.4. The maximum atomic E-state index is 11.8. The van der Waals surface area contributed by atoms with Gasteiger partial charge in [0.25, 0.3) is 5.69 Å². The largest absolute Gasteiger partial charge is 0.480 e. The van der Waals surface area contributed by atoms with Crippen LogP contribution in [-0.2, 0) is 22.6 Å². The molecule has 27 heavy (non-hydrogen) atoms. The average molecular weight is 373 g/mol. The minimum atomic E-state index is -1.16. The summed E-state index contributed by atoms with van der Waals surface area (Å²) in [5.74, 6) is -1.16. The molecule has 9 nitrogen and oxygen atoms in total. The van der Waals surface area contributed by atoms with E-state index < -0.39 is 23.0 Å². The number of nitrogens with zero attached hydrogens (tertiary/aromatic N) is 2. The summed E-state index contributed by atoms with van der Waals surface area (Å²) < 4.78 is 5.02. The lowest BCUT2D eigenvalue weighted by Crippen LogP contribution is -2.41. The molecule has 0 fully saturated rings. The summed E-state index contributed by atoms with van der Waals surface area (Å²) >= 11 is 0. The van der Waals surface area contributed by atoms with Gasteiger partial charge in [-0.15, -0.1) is 0 Å². The number of aryl methyl sites for hydroxylation is 1.